The highest BCUT2D eigenvalue weighted by atomic mass is 32.2. The monoisotopic (exact) mass is 404 g/mol. The van der Waals surface area contributed by atoms with Gasteiger partial charge in [-0.15, -0.1) is 0 Å². The van der Waals surface area contributed by atoms with E-state index in [1.54, 1.807) is 30.1 Å². The Bertz CT molecular complexity index is 1270. The maximum absolute atomic E-state index is 12.9. The summed E-state index contributed by atoms with van der Waals surface area (Å²) >= 11 is 0. The molecule has 0 aliphatic carbocycles. The molecular formula is C17H14F2N6O2S. The van der Waals surface area contributed by atoms with Crippen LogP contribution in [0.25, 0.3) is 16.7 Å². The highest BCUT2D eigenvalue weighted by molar-refractivity contribution is 7.92. The molecule has 3 aromatic heterocycles. The van der Waals surface area contributed by atoms with E-state index in [2.05, 4.69) is 19.9 Å². The predicted molar refractivity (Wildman–Crippen MR) is 97.8 cm³/mol. The Kier molecular flexibility index (Phi) is 4.30. The number of anilines is 1. The molecule has 28 heavy (non-hydrogen) atoms. The van der Waals surface area contributed by atoms with Gasteiger partial charge >= 0.3 is 0 Å². The molecule has 0 spiro atoms. The molecule has 1 N–H and O–H groups in total. The van der Waals surface area contributed by atoms with Crippen LogP contribution in [0.2, 0.25) is 0 Å². The third-order valence-electron chi connectivity index (χ3n) is 4.13. The number of alkyl halides is 2. The Balaban J connectivity index is 1.68. The molecule has 0 aliphatic rings. The fraction of sp³-hybridized carbons (Fsp3) is 0.118. The van der Waals surface area contributed by atoms with Crippen LogP contribution in [-0.4, -0.2) is 33.0 Å². The molecule has 0 radical (unpaired) electrons. The number of nitrogens with one attached hydrogen (secondary N) is 1. The first-order valence-corrected chi connectivity index (χ1v) is 9.56. The van der Waals surface area contributed by atoms with Gasteiger partial charge in [0.25, 0.3) is 16.4 Å². The minimum Gasteiger partial charge on any atom is -0.277 e. The molecular weight excluding hydrogens is 390 g/mol. The lowest BCUT2D eigenvalue weighted by atomic mass is 10.2. The lowest BCUT2D eigenvalue weighted by Gasteiger charge is -2.08. The van der Waals surface area contributed by atoms with E-state index >= 15 is 0 Å². The smallest absolute Gasteiger partial charge is 0.265 e. The number of aryl methyl sites for hydroxylation is 1. The quantitative estimate of drug-likeness (QED) is 0.552. The van der Waals surface area contributed by atoms with E-state index in [0.717, 1.165) is 22.3 Å². The summed E-state index contributed by atoms with van der Waals surface area (Å²) in [5.41, 5.74) is 0.763. The second kappa shape index (κ2) is 6.68. The number of sulfonamides is 1. The molecule has 11 heteroatoms. The van der Waals surface area contributed by atoms with Crippen LogP contribution in [0.5, 0.6) is 0 Å². The number of halogens is 2. The van der Waals surface area contributed by atoms with Crippen molar-refractivity contribution >= 4 is 26.6 Å². The van der Waals surface area contributed by atoms with Crippen molar-refractivity contribution in [2.75, 3.05) is 4.72 Å². The summed E-state index contributed by atoms with van der Waals surface area (Å²) in [5.74, 6) is 0.0907. The second-order valence-corrected chi connectivity index (χ2v) is 7.67. The van der Waals surface area contributed by atoms with E-state index in [9.17, 15) is 17.2 Å². The number of fused-ring (bicyclic) bond motifs is 1. The Morgan fingerprint density at radius 1 is 1.14 bits per heavy atom. The summed E-state index contributed by atoms with van der Waals surface area (Å²) < 4.78 is 56.5. The molecule has 0 aliphatic heterocycles. The molecule has 0 fully saturated rings. The predicted octanol–water partition coefficient (Wildman–Crippen LogP) is 2.89. The molecule has 0 saturated heterocycles. The molecule has 144 valence electrons. The normalized spacial score (nSPS) is 12.0. The van der Waals surface area contributed by atoms with Gasteiger partial charge in [0.05, 0.1) is 29.8 Å². The summed E-state index contributed by atoms with van der Waals surface area (Å²) in [6.07, 6.45) is 2.52. The standard InChI is InChI=1S/C17H14F2N6O2S/c1-24-16-12(8-21-24)3-2-4-14(16)23-28(26,27)13-9-22-25(10-13)15-7-11(17(18)19)5-6-20-15/h2-10,17,23H,1H3. The third kappa shape index (κ3) is 3.20. The molecule has 4 aromatic rings. The first-order valence-electron chi connectivity index (χ1n) is 8.08. The summed E-state index contributed by atoms with van der Waals surface area (Å²) in [5, 5.41) is 8.84. The van der Waals surface area contributed by atoms with Gasteiger partial charge in [0.15, 0.2) is 5.82 Å². The fourth-order valence-electron chi connectivity index (χ4n) is 2.78. The highest BCUT2D eigenvalue weighted by Crippen LogP contribution is 2.25. The molecule has 0 bridgehead atoms. The molecule has 0 atom stereocenters. The largest absolute Gasteiger partial charge is 0.277 e. The van der Waals surface area contributed by atoms with Crippen molar-refractivity contribution < 1.29 is 17.2 Å². The average molecular weight is 404 g/mol. The maximum Gasteiger partial charge on any atom is 0.265 e. The summed E-state index contributed by atoms with van der Waals surface area (Å²) in [7, 11) is -2.26. The fourth-order valence-corrected chi connectivity index (χ4v) is 3.78. The van der Waals surface area contributed by atoms with Gasteiger partial charge in [-0.05, 0) is 18.2 Å². The number of pyridine rings is 1. The van der Waals surface area contributed by atoms with Crippen LogP contribution in [0.1, 0.15) is 12.0 Å². The van der Waals surface area contributed by atoms with E-state index in [-0.39, 0.29) is 16.3 Å². The third-order valence-corrected chi connectivity index (χ3v) is 5.45. The van der Waals surface area contributed by atoms with Gasteiger partial charge in [-0.3, -0.25) is 9.40 Å². The van der Waals surface area contributed by atoms with Crippen molar-refractivity contribution in [3.63, 3.8) is 0 Å². The number of benzene rings is 1. The van der Waals surface area contributed by atoms with Gasteiger partial charge in [-0.1, -0.05) is 12.1 Å². The minimum absolute atomic E-state index is 0.0907. The SMILES string of the molecule is Cn1ncc2cccc(NS(=O)(=O)c3cnn(-c4cc(C(F)F)ccn4)c3)c21. The van der Waals surface area contributed by atoms with Crippen molar-refractivity contribution in [1.82, 2.24) is 24.5 Å². The second-order valence-electron chi connectivity index (χ2n) is 5.99. The summed E-state index contributed by atoms with van der Waals surface area (Å²) in [4.78, 5) is 3.83. The Labute approximate surface area is 158 Å². The van der Waals surface area contributed by atoms with E-state index in [1.165, 1.54) is 18.5 Å². The van der Waals surface area contributed by atoms with Crippen LogP contribution in [0.3, 0.4) is 0 Å². The molecule has 4 rings (SSSR count). The highest BCUT2D eigenvalue weighted by Gasteiger charge is 2.20. The maximum atomic E-state index is 12.9. The van der Waals surface area contributed by atoms with E-state index in [4.69, 9.17) is 0 Å². The average Bonchev–Trinajstić information content (AvgIpc) is 3.30. The lowest BCUT2D eigenvalue weighted by molar-refractivity contribution is 0.151. The first kappa shape index (κ1) is 18.0. The van der Waals surface area contributed by atoms with Crippen LogP contribution in [0.15, 0.2) is 60.0 Å². The minimum atomic E-state index is -3.96. The Morgan fingerprint density at radius 3 is 2.75 bits per heavy atom. The van der Waals surface area contributed by atoms with Gasteiger partial charge in [-0.2, -0.15) is 10.2 Å². The van der Waals surface area contributed by atoms with Crippen LogP contribution < -0.4 is 4.72 Å². The lowest BCUT2D eigenvalue weighted by Crippen LogP contribution is -2.13. The number of hydrogen-bond acceptors (Lipinski definition) is 5. The van der Waals surface area contributed by atoms with Crippen LogP contribution in [-0.2, 0) is 17.1 Å². The van der Waals surface area contributed by atoms with Gasteiger partial charge in [0.1, 0.15) is 4.90 Å². The van der Waals surface area contributed by atoms with Crippen molar-refractivity contribution in [2.45, 2.75) is 11.3 Å². The van der Waals surface area contributed by atoms with Gasteiger partial charge in [0, 0.05) is 24.2 Å². The molecule has 0 saturated carbocycles. The van der Waals surface area contributed by atoms with Crippen molar-refractivity contribution in [3.8, 4) is 5.82 Å². The number of para-hydroxylation sites is 1. The van der Waals surface area contributed by atoms with Crippen LogP contribution in [0, 0.1) is 0 Å². The number of aromatic nitrogens is 5. The number of hydrogen-bond donors (Lipinski definition) is 1. The van der Waals surface area contributed by atoms with Crippen LogP contribution in [0.4, 0.5) is 14.5 Å². The molecule has 3 heterocycles. The van der Waals surface area contributed by atoms with Gasteiger partial charge in [0.2, 0.25) is 0 Å². The molecule has 0 unspecified atom stereocenters. The molecule has 0 amide bonds. The topological polar surface area (TPSA) is 94.7 Å². The first-order chi connectivity index (χ1) is 13.3. The van der Waals surface area contributed by atoms with Gasteiger partial charge in [-0.25, -0.2) is 26.9 Å². The van der Waals surface area contributed by atoms with Crippen molar-refractivity contribution in [1.29, 1.82) is 0 Å². The van der Waals surface area contributed by atoms with E-state index in [1.807, 2.05) is 6.07 Å². The zero-order chi connectivity index (χ0) is 19.9. The Hall–Kier alpha value is -3.34. The summed E-state index contributed by atoms with van der Waals surface area (Å²) in [6.45, 7) is 0. The summed E-state index contributed by atoms with van der Waals surface area (Å²) in [6, 6.07) is 7.49. The van der Waals surface area contributed by atoms with Crippen LogP contribution >= 0.6 is 0 Å². The molecule has 1 aromatic carbocycles. The van der Waals surface area contributed by atoms with Crippen molar-refractivity contribution in [3.05, 3.63) is 60.7 Å². The zero-order valence-electron chi connectivity index (χ0n) is 14.5. The zero-order valence-corrected chi connectivity index (χ0v) is 15.3. The van der Waals surface area contributed by atoms with E-state index in [0.29, 0.717) is 11.2 Å². The van der Waals surface area contributed by atoms with E-state index < -0.39 is 16.4 Å². The number of rotatable bonds is 5. The Morgan fingerprint density at radius 2 is 1.96 bits per heavy atom. The molecule has 8 nitrogen and oxygen atoms in total. The van der Waals surface area contributed by atoms with Gasteiger partial charge < -0.3 is 0 Å². The van der Waals surface area contributed by atoms with Crippen molar-refractivity contribution in [2.24, 2.45) is 7.05 Å². The number of nitrogens with zero attached hydrogens (tertiary/aromatic N) is 5.